The van der Waals surface area contributed by atoms with Crippen molar-refractivity contribution in [2.45, 2.75) is 39.2 Å². The van der Waals surface area contributed by atoms with Gasteiger partial charge in [-0.2, -0.15) is 0 Å². The molecule has 1 aliphatic heterocycles. The number of esters is 1. The molecule has 9 heteroatoms. The lowest BCUT2D eigenvalue weighted by atomic mass is 10.1. The van der Waals surface area contributed by atoms with Gasteiger partial charge < -0.3 is 15.2 Å². The van der Waals surface area contributed by atoms with Crippen molar-refractivity contribution >= 4 is 64.7 Å². The maximum absolute atomic E-state index is 12.3. The topological polar surface area (TPSA) is 92.9 Å². The lowest BCUT2D eigenvalue weighted by molar-refractivity contribution is -0.116. The number of hydrogen-bond donors (Lipinski definition) is 2. The number of ether oxygens (including phenoxy) is 1. The minimum absolute atomic E-state index is 0.0821. The molecule has 1 aromatic heterocycles. The summed E-state index contributed by atoms with van der Waals surface area (Å²) in [6.45, 7) is 2.66. The Kier molecular flexibility index (Phi) is 8.45. The minimum Gasteiger partial charge on any atom is -0.493 e. The summed E-state index contributed by atoms with van der Waals surface area (Å²) in [7, 11) is 0. The van der Waals surface area contributed by atoms with Crippen molar-refractivity contribution < 1.29 is 19.4 Å². The quantitative estimate of drug-likeness (QED) is 0.178. The maximum Gasteiger partial charge on any atom is 0.338 e. The van der Waals surface area contributed by atoms with Crippen LogP contribution in [0.1, 0.15) is 53.4 Å². The molecule has 2 aromatic carbocycles. The number of allylic oxidation sites excluding steroid dienone is 1. The number of fused-ring (bicyclic) bond motifs is 1. The van der Waals surface area contributed by atoms with Gasteiger partial charge in [0.15, 0.2) is 3.95 Å². The van der Waals surface area contributed by atoms with E-state index < -0.39 is 0 Å². The van der Waals surface area contributed by atoms with E-state index in [2.05, 4.69) is 10.3 Å². The number of aliphatic imine (C=N–C) groups is 1. The molecule has 0 radical (unpaired) electrons. The normalized spacial score (nSPS) is 13.1. The smallest absolute Gasteiger partial charge is 0.338 e. The first-order chi connectivity index (χ1) is 17.5. The number of anilines is 1. The molecule has 186 valence electrons. The Bertz CT molecular complexity index is 1370. The molecule has 7 nitrogen and oxygen atoms in total. The van der Waals surface area contributed by atoms with Crippen molar-refractivity contribution in [2.24, 2.45) is 4.99 Å². The monoisotopic (exact) mass is 521 g/mol. The third-order valence-electron chi connectivity index (χ3n) is 5.70. The van der Waals surface area contributed by atoms with Crippen LogP contribution in [0.15, 0.2) is 53.5 Å². The summed E-state index contributed by atoms with van der Waals surface area (Å²) in [5.74, 6) is -0.297. The molecule has 2 heterocycles. The number of aromatic hydroxyl groups is 1. The second-order valence-corrected chi connectivity index (χ2v) is 9.91. The predicted octanol–water partition coefficient (Wildman–Crippen LogP) is 6.62. The third-order valence-corrected chi connectivity index (χ3v) is 7.09. The molecule has 0 fully saturated rings. The molecule has 1 aliphatic rings. The van der Waals surface area contributed by atoms with E-state index in [4.69, 9.17) is 17.0 Å². The molecule has 0 atom stereocenters. The molecular formula is C27H27N3O4S2. The molecule has 0 saturated heterocycles. The number of benzene rings is 2. The summed E-state index contributed by atoms with van der Waals surface area (Å²) >= 11 is 6.85. The average Bonchev–Trinajstić information content (AvgIpc) is 3.40. The lowest BCUT2D eigenvalue weighted by Crippen LogP contribution is -2.11. The summed E-state index contributed by atoms with van der Waals surface area (Å²) in [5.41, 5.74) is 4.00. The van der Waals surface area contributed by atoms with Gasteiger partial charge in [-0.25, -0.2) is 4.79 Å². The number of carbonyl (C=O) groups is 2. The van der Waals surface area contributed by atoms with Crippen LogP contribution in [0.2, 0.25) is 0 Å². The Morgan fingerprint density at radius 3 is 2.69 bits per heavy atom. The van der Waals surface area contributed by atoms with E-state index in [1.807, 2.05) is 30.3 Å². The molecule has 1 amide bonds. The number of para-hydroxylation sites is 1. The molecular weight excluding hydrogens is 494 g/mol. The summed E-state index contributed by atoms with van der Waals surface area (Å²) in [6.07, 6.45) is 6.44. The van der Waals surface area contributed by atoms with Crippen molar-refractivity contribution in [3.63, 3.8) is 0 Å². The standard InChI is InChI=1S/C27H27N3O4S2/c1-2-34-26(33)18-11-13-20(14-12-18)29-24(31)10-4-3-7-15-30-25(32)23(36-27(30)35)16-19-17-28-22-9-6-5-8-21(19)22/h5-6,8-9,11-14,16-17,32H,2-4,7,10,15H2,1H3,(H,29,31)/b19-16-. The average molecular weight is 522 g/mol. The van der Waals surface area contributed by atoms with Crippen LogP contribution in [-0.2, 0) is 16.1 Å². The largest absolute Gasteiger partial charge is 0.493 e. The molecule has 0 saturated carbocycles. The Balaban J connectivity index is 1.24. The van der Waals surface area contributed by atoms with Crippen molar-refractivity contribution in [3.8, 4) is 5.88 Å². The third kappa shape index (κ3) is 6.16. The van der Waals surface area contributed by atoms with Crippen LogP contribution in [0.25, 0.3) is 11.6 Å². The van der Waals surface area contributed by atoms with Crippen LogP contribution in [0.3, 0.4) is 0 Å². The van der Waals surface area contributed by atoms with E-state index >= 15 is 0 Å². The van der Waals surface area contributed by atoms with Crippen molar-refractivity contribution in [1.29, 1.82) is 0 Å². The SMILES string of the molecule is CCOC(=O)c1ccc(NC(=O)CCCCCn2c(O)c(/C=C3/C=Nc4ccccc43)sc2=S)cc1. The first-order valence-corrected chi connectivity index (χ1v) is 13.0. The zero-order chi connectivity index (χ0) is 25.5. The summed E-state index contributed by atoms with van der Waals surface area (Å²) in [5, 5.41) is 13.6. The predicted molar refractivity (Wildman–Crippen MR) is 147 cm³/mol. The molecule has 4 rings (SSSR count). The van der Waals surface area contributed by atoms with Gasteiger partial charge in [0, 0.05) is 36.0 Å². The van der Waals surface area contributed by atoms with Gasteiger partial charge in [-0.3, -0.25) is 14.4 Å². The molecule has 3 aromatic rings. The lowest BCUT2D eigenvalue weighted by Gasteiger charge is -2.07. The summed E-state index contributed by atoms with van der Waals surface area (Å²) in [6, 6.07) is 14.5. The molecule has 2 N–H and O–H groups in total. The van der Waals surface area contributed by atoms with Crippen molar-refractivity contribution in [2.75, 3.05) is 11.9 Å². The number of hydrogen-bond acceptors (Lipinski definition) is 7. The van der Waals surface area contributed by atoms with Gasteiger partial charge in [-0.05, 0) is 68.4 Å². The van der Waals surface area contributed by atoms with Crippen LogP contribution in [0.5, 0.6) is 5.88 Å². The molecule has 0 spiro atoms. The van der Waals surface area contributed by atoms with Crippen LogP contribution >= 0.6 is 23.6 Å². The fourth-order valence-electron chi connectivity index (χ4n) is 3.86. The highest BCUT2D eigenvalue weighted by Crippen LogP contribution is 2.35. The van der Waals surface area contributed by atoms with E-state index in [1.54, 1.807) is 42.0 Å². The second-order valence-electron chi connectivity index (χ2n) is 8.24. The Hall–Kier alpha value is -3.56. The van der Waals surface area contributed by atoms with E-state index in [9.17, 15) is 14.7 Å². The summed E-state index contributed by atoms with van der Waals surface area (Å²) in [4.78, 5) is 29.1. The highest BCUT2D eigenvalue weighted by atomic mass is 32.1. The minimum atomic E-state index is -0.381. The first kappa shape index (κ1) is 25.5. The van der Waals surface area contributed by atoms with Crippen molar-refractivity contribution in [3.05, 3.63) is 68.5 Å². The van der Waals surface area contributed by atoms with Gasteiger partial charge in [0.05, 0.1) is 22.7 Å². The second kappa shape index (κ2) is 11.9. The van der Waals surface area contributed by atoms with Gasteiger partial charge >= 0.3 is 5.97 Å². The van der Waals surface area contributed by atoms with Gasteiger partial charge in [0.1, 0.15) is 0 Å². The maximum atomic E-state index is 12.3. The number of amides is 1. The van der Waals surface area contributed by atoms with E-state index in [1.165, 1.54) is 11.3 Å². The van der Waals surface area contributed by atoms with E-state index in [0.717, 1.165) is 36.1 Å². The van der Waals surface area contributed by atoms with Gasteiger partial charge in [-0.1, -0.05) is 24.6 Å². The fourth-order valence-corrected chi connectivity index (χ4v) is 5.17. The van der Waals surface area contributed by atoms with Gasteiger partial charge in [-0.15, -0.1) is 11.3 Å². The summed E-state index contributed by atoms with van der Waals surface area (Å²) < 4.78 is 7.32. The van der Waals surface area contributed by atoms with Crippen LogP contribution in [-0.4, -0.2) is 34.4 Å². The number of nitrogens with zero attached hydrogens (tertiary/aromatic N) is 2. The highest BCUT2D eigenvalue weighted by Gasteiger charge is 2.15. The van der Waals surface area contributed by atoms with E-state index in [-0.39, 0.29) is 17.8 Å². The number of thiazole rings is 1. The molecule has 0 unspecified atom stereocenters. The van der Waals surface area contributed by atoms with Gasteiger partial charge in [0.25, 0.3) is 0 Å². The molecule has 0 aliphatic carbocycles. The number of nitrogens with one attached hydrogen (secondary N) is 1. The van der Waals surface area contributed by atoms with Crippen LogP contribution < -0.4 is 5.32 Å². The molecule has 0 bridgehead atoms. The number of carbonyl (C=O) groups excluding carboxylic acids is 2. The van der Waals surface area contributed by atoms with Crippen molar-refractivity contribution in [1.82, 2.24) is 4.57 Å². The Morgan fingerprint density at radius 1 is 1.14 bits per heavy atom. The van der Waals surface area contributed by atoms with Gasteiger partial charge in [0.2, 0.25) is 11.8 Å². The zero-order valence-corrected chi connectivity index (χ0v) is 21.5. The van der Waals surface area contributed by atoms with Crippen LogP contribution in [0, 0.1) is 3.95 Å². The molecule has 36 heavy (non-hydrogen) atoms. The number of rotatable bonds is 10. The first-order valence-electron chi connectivity index (χ1n) is 11.8. The Labute approximate surface area is 218 Å². The fraction of sp³-hybridized carbons (Fsp3) is 0.259. The Morgan fingerprint density at radius 2 is 1.92 bits per heavy atom. The highest BCUT2D eigenvalue weighted by molar-refractivity contribution is 7.73. The van der Waals surface area contributed by atoms with Crippen LogP contribution in [0.4, 0.5) is 11.4 Å². The number of unbranched alkanes of at least 4 members (excludes halogenated alkanes) is 2. The number of aromatic nitrogens is 1. The van der Waals surface area contributed by atoms with E-state index in [0.29, 0.717) is 39.7 Å². The zero-order valence-electron chi connectivity index (χ0n) is 19.9.